The zero-order valence-corrected chi connectivity index (χ0v) is 12.7. The molecule has 0 spiro atoms. The Bertz CT molecular complexity index is 551. The molecule has 1 aromatic rings. The predicted octanol–water partition coefficient (Wildman–Crippen LogP) is 3.62. The highest BCUT2D eigenvalue weighted by Gasteiger charge is 2.32. The van der Waals surface area contributed by atoms with Crippen molar-refractivity contribution in [2.45, 2.75) is 19.3 Å². The summed E-state index contributed by atoms with van der Waals surface area (Å²) in [6.45, 7) is 0.341. The first-order chi connectivity index (χ1) is 9.97. The van der Waals surface area contributed by atoms with E-state index in [1.807, 2.05) is 0 Å². The smallest absolute Gasteiger partial charge is 0.319 e. The van der Waals surface area contributed by atoms with Crippen LogP contribution >= 0.6 is 23.2 Å². The van der Waals surface area contributed by atoms with Gasteiger partial charge in [-0.25, -0.2) is 4.79 Å². The largest absolute Gasteiger partial charge is 0.481 e. The first-order valence-corrected chi connectivity index (χ1v) is 7.45. The molecule has 1 aromatic carbocycles. The molecule has 0 aromatic heterocycles. The van der Waals surface area contributed by atoms with Gasteiger partial charge in [0.05, 0.1) is 16.6 Å². The minimum Gasteiger partial charge on any atom is -0.481 e. The molecule has 1 saturated carbocycles. The number of hydrogen-bond donors (Lipinski definition) is 3. The van der Waals surface area contributed by atoms with Crippen molar-refractivity contribution < 1.29 is 14.7 Å². The SMILES string of the molecule is O=C(NCC1CCCC1C(=O)O)Nc1ccc(Cl)cc1Cl. The first-order valence-electron chi connectivity index (χ1n) is 6.70. The molecule has 1 aliphatic rings. The van der Waals surface area contributed by atoms with Crippen LogP contribution in [0.4, 0.5) is 10.5 Å². The molecule has 0 heterocycles. The number of carbonyl (C=O) groups is 2. The summed E-state index contributed by atoms with van der Waals surface area (Å²) in [5.41, 5.74) is 0.458. The third-order valence-electron chi connectivity index (χ3n) is 3.68. The molecule has 0 bridgehead atoms. The van der Waals surface area contributed by atoms with E-state index in [4.69, 9.17) is 28.3 Å². The number of carboxylic acid groups (broad SMARTS) is 1. The summed E-state index contributed by atoms with van der Waals surface area (Å²) in [5, 5.41) is 15.2. The van der Waals surface area contributed by atoms with Crippen LogP contribution in [0.3, 0.4) is 0 Å². The van der Waals surface area contributed by atoms with Crippen molar-refractivity contribution in [1.29, 1.82) is 0 Å². The Kier molecular flexibility index (Phi) is 5.31. The number of carbonyl (C=O) groups excluding carboxylic acids is 1. The second-order valence-corrected chi connectivity index (χ2v) is 5.94. The summed E-state index contributed by atoms with van der Waals surface area (Å²) in [6.07, 6.45) is 2.37. The molecule has 3 N–H and O–H groups in total. The number of urea groups is 1. The molecule has 0 aliphatic heterocycles. The standard InChI is InChI=1S/C14H16Cl2N2O3/c15-9-4-5-12(11(16)6-9)18-14(21)17-7-8-2-1-3-10(8)13(19)20/h4-6,8,10H,1-3,7H2,(H,19,20)(H2,17,18,21). The Morgan fingerprint density at radius 2 is 2.05 bits per heavy atom. The monoisotopic (exact) mass is 330 g/mol. The van der Waals surface area contributed by atoms with Gasteiger partial charge in [-0.15, -0.1) is 0 Å². The van der Waals surface area contributed by atoms with Gasteiger partial charge in [-0.3, -0.25) is 4.79 Å². The number of halogens is 2. The van der Waals surface area contributed by atoms with Crippen molar-refractivity contribution in [3.63, 3.8) is 0 Å². The lowest BCUT2D eigenvalue weighted by Gasteiger charge is -2.16. The lowest BCUT2D eigenvalue weighted by molar-refractivity contribution is -0.142. The first kappa shape index (κ1) is 15.9. The fourth-order valence-corrected chi connectivity index (χ4v) is 3.04. The number of hydrogen-bond acceptors (Lipinski definition) is 2. The maximum absolute atomic E-state index is 11.8. The van der Waals surface area contributed by atoms with E-state index in [9.17, 15) is 9.59 Å². The van der Waals surface area contributed by atoms with Gasteiger partial charge in [0.15, 0.2) is 0 Å². The number of carboxylic acids is 1. The van der Waals surface area contributed by atoms with Crippen LogP contribution in [0.25, 0.3) is 0 Å². The fraction of sp³-hybridized carbons (Fsp3) is 0.429. The number of nitrogens with one attached hydrogen (secondary N) is 2. The van der Waals surface area contributed by atoms with E-state index in [-0.39, 0.29) is 11.8 Å². The van der Waals surface area contributed by atoms with Gasteiger partial charge in [0, 0.05) is 11.6 Å². The van der Waals surface area contributed by atoms with Crippen LogP contribution in [-0.4, -0.2) is 23.7 Å². The Balaban J connectivity index is 1.86. The van der Waals surface area contributed by atoms with Crippen LogP contribution in [0, 0.1) is 11.8 Å². The topological polar surface area (TPSA) is 78.4 Å². The van der Waals surface area contributed by atoms with E-state index in [2.05, 4.69) is 10.6 Å². The molecule has 2 rings (SSSR count). The van der Waals surface area contributed by atoms with Crippen LogP contribution < -0.4 is 10.6 Å². The molecule has 7 heteroatoms. The Morgan fingerprint density at radius 1 is 1.29 bits per heavy atom. The highest BCUT2D eigenvalue weighted by Crippen LogP contribution is 2.31. The van der Waals surface area contributed by atoms with Crippen molar-refractivity contribution >= 4 is 40.9 Å². The van der Waals surface area contributed by atoms with Crippen LogP contribution in [0.2, 0.25) is 10.0 Å². The number of amides is 2. The summed E-state index contributed by atoms with van der Waals surface area (Å²) in [6, 6.07) is 4.37. The summed E-state index contributed by atoms with van der Waals surface area (Å²) >= 11 is 11.7. The van der Waals surface area contributed by atoms with E-state index in [0.29, 0.717) is 28.7 Å². The summed E-state index contributed by atoms with van der Waals surface area (Å²) in [5.74, 6) is -1.18. The van der Waals surface area contributed by atoms with E-state index < -0.39 is 12.0 Å². The van der Waals surface area contributed by atoms with E-state index >= 15 is 0 Å². The van der Waals surface area contributed by atoms with Gasteiger partial charge in [0.25, 0.3) is 0 Å². The van der Waals surface area contributed by atoms with Crippen LogP contribution in [0.5, 0.6) is 0 Å². The second kappa shape index (κ2) is 7.00. The number of benzene rings is 1. The maximum Gasteiger partial charge on any atom is 0.319 e. The summed E-state index contributed by atoms with van der Waals surface area (Å²) < 4.78 is 0. The summed E-state index contributed by atoms with van der Waals surface area (Å²) in [7, 11) is 0. The van der Waals surface area contributed by atoms with Crippen molar-refractivity contribution in [3.05, 3.63) is 28.2 Å². The van der Waals surface area contributed by atoms with Crippen molar-refractivity contribution in [3.8, 4) is 0 Å². The predicted molar refractivity (Wildman–Crippen MR) is 82.0 cm³/mol. The van der Waals surface area contributed by atoms with E-state index in [1.54, 1.807) is 12.1 Å². The van der Waals surface area contributed by atoms with E-state index in [0.717, 1.165) is 12.8 Å². The van der Waals surface area contributed by atoms with Crippen LogP contribution in [-0.2, 0) is 4.79 Å². The van der Waals surface area contributed by atoms with Crippen molar-refractivity contribution in [2.24, 2.45) is 11.8 Å². The number of rotatable bonds is 4. The normalized spacial score (nSPS) is 21.0. The third-order valence-corrected chi connectivity index (χ3v) is 4.23. The van der Waals surface area contributed by atoms with Crippen LogP contribution in [0.1, 0.15) is 19.3 Å². The van der Waals surface area contributed by atoms with Gasteiger partial charge >= 0.3 is 12.0 Å². The minimum absolute atomic E-state index is 0.0195. The molecule has 5 nitrogen and oxygen atoms in total. The number of anilines is 1. The van der Waals surface area contributed by atoms with Crippen LogP contribution in [0.15, 0.2) is 18.2 Å². The average Bonchev–Trinajstić information content (AvgIpc) is 2.88. The van der Waals surface area contributed by atoms with Gasteiger partial charge in [-0.1, -0.05) is 29.6 Å². The molecule has 114 valence electrons. The zero-order chi connectivity index (χ0) is 15.4. The van der Waals surface area contributed by atoms with Gasteiger partial charge in [-0.2, -0.15) is 0 Å². The fourth-order valence-electron chi connectivity index (χ4n) is 2.59. The Hall–Kier alpha value is -1.46. The summed E-state index contributed by atoms with van der Waals surface area (Å²) in [4.78, 5) is 22.9. The average molecular weight is 331 g/mol. The Morgan fingerprint density at radius 3 is 2.71 bits per heavy atom. The molecule has 0 radical (unpaired) electrons. The lowest BCUT2D eigenvalue weighted by Crippen LogP contribution is -2.35. The highest BCUT2D eigenvalue weighted by molar-refractivity contribution is 6.36. The Labute approximate surface area is 132 Å². The van der Waals surface area contributed by atoms with Crippen molar-refractivity contribution in [1.82, 2.24) is 5.32 Å². The highest BCUT2D eigenvalue weighted by atomic mass is 35.5. The van der Waals surface area contributed by atoms with Gasteiger partial charge in [0.2, 0.25) is 0 Å². The molecule has 1 aliphatic carbocycles. The molecule has 1 fully saturated rings. The second-order valence-electron chi connectivity index (χ2n) is 5.09. The molecule has 2 unspecified atom stereocenters. The minimum atomic E-state index is -0.791. The van der Waals surface area contributed by atoms with Gasteiger partial charge < -0.3 is 15.7 Å². The molecular formula is C14H16Cl2N2O3. The molecular weight excluding hydrogens is 315 g/mol. The third kappa shape index (κ3) is 4.25. The molecule has 0 saturated heterocycles. The maximum atomic E-state index is 11.8. The quantitative estimate of drug-likeness (QED) is 0.788. The van der Waals surface area contributed by atoms with E-state index in [1.165, 1.54) is 6.07 Å². The molecule has 21 heavy (non-hydrogen) atoms. The van der Waals surface area contributed by atoms with Gasteiger partial charge in [-0.05, 0) is 37.0 Å². The molecule has 2 atom stereocenters. The van der Waals surface area contributed by atoms with Gasteiger partial charge in [0.1, 0.15) is 0 Å². The number of aliphatic carboxylic acids is 1. The molecule has 2 amide bonds. The lowest BCUT2D eigenvalue weighted by atomic mass is 9.96. The van der Waals surface area contributed by atoms with Crippen molar-refractivity contribution in [2.75, 3.05) is 11.9 Å². The zero-order valence-electron chi connectivity index (χ0n) is 11.2.